The number of anilines is 3. The smallest absolute Gasteiger partial charge is 0.367 e. The highest BCUT2D eigenvalue weighted by Crippen LogP contribution is 2.36. The average Bonchev–Trinajstić information content (AvgIpc) is 3.43. The van der Waals surface area contributed by atoms with E-state index >= 15 is 0 Å². The number of rotatable bonds is 11. The van der Waals surface area contributed by atoms with Crippen LogP contribution in [0.1, 0.15) is 54.4 Å². The minimum atomic E-state index is -4.65. The highest BCUT2D eigenvalue weighted by atomic mass is 19.4. The second-order valence-electron chi connectivity index (χ2n) is 11.9. The van der Waals surface area contributed by atoms with E-state index in [1.807, 2.05) is 26.0 Å². The molecule has 2 atom stereocenters. The van der Waals surface area contributed by atoms with Gasteiger partial charge in [0.05, 0.1) is 0 Å². The minimum absolute atomic E-state index is 0.00815. The summed E-state index contributed by atoms with van der Waals surface area (Å²) in [5.74, 6) is -0.732. The molecule has 0 radical (unpaired) electrons. The van der Waals surface area contributed by atoms with Gasteiger partial charge in [0.25, 0.3) is 5.91 Å². The Morgan fingerprint density at radius 2 is 1.74 bits per heavy atom. The predicted molar refractivity (Wildman–Crippen MR) is 160 cm³/mol. The maximum atomic E-state index is 13.8. The predicted octanol–water partition coefficient (Wildman–Crippen LogP) is 4.05. The van der Waals surface area contributed by atoms with Crippen LogP contribution in [-0.2, 0) is 11.0 Å². The van der Waals surface area contributed by atoms with E-state index in [-0.39, 0.29) is 41.6 Å². The number of carbonyl (C=O) groups excluding carboxylic acids is 2. The summed E-state index contributed by atoms with van der Waals surface area (Å²) in [4.78, 5) is 39.7. The topological polar surface area (TPSA) is 106 Å². The standard InChI is InChI=1S/C30H43F3N8O2/c1-39(2)15-5-14-34-27(42)21-8-11-23(18-21)36-26-25(30(31,32)33)19-35-29(38-26)37-22-9-6-20(7-10-22)28(43)41(4)24-12-16-40(3)17-13-24/h6-7,9-10,19,21,23-24H,5,8,11-18H2,1-4H3,(H,34,42)(H2,35,36,37,38)/t21-,23+/m0/s1. The molecule has 2 heterocycles. The van der Waals surface area contributed by atoms with E-state index in [0.717, 1.165) is 45.1 Å². The van der Waals surface area contributed by atoms with Gasteiger partial charge in [-0.1, -0.05) is 0 Å². The monoisotopic (exact) mass is 604 g/mol. The summed E-state index contributed by atoms with van der Waals surface area (Å²) in [5, 5.41) is 8.81. The molecule has 0 spiro atoms. The number of hydrogen-bond donors (Lipinski definition) is 3. The van der Waals surface area contributed by atoms with E-state index < -0.39 is 11.7 Å². The summed E-state index contributed by atoms with van der Waals surface area (Å²) in [6.07, 6.45) is 0.352. The highest BCUT2D eigenvalue weighted by Gasteiger charge is 2.37. The third-order valence-corrected chi connectivity index (χ3v) is 8.26. The number of amides is 2. The van der Waals surface area contributed by atoms with Crippen LogP contribution in [0.3, 0.4) is 0 Å². The first kappa shape index (κ1) is 32.5. The number of likely N-dealkylation sites (tertiary alicyclic amines) is 1. The lowest BCUT2D eigenvalue weighted by Crippen LogP contribution is -2.44. The maximum absolute atomic E-state index is 13.8. The van der Waals surface area contributed by atoms with Crippen molar-refractivity contribution in [2.24, 2.45) is 5.92 Å². The number of carbonyl (C=O) groups is 2. The molecule has 2 fully saturated rings. The number of benzene rings is 1. The molecule has 2 aliphatic rings. The highest BCUT2D eigenvalue weighted by molar-refractivity contribution is 5.94. The molecule has 43 heavy (non-hydrogen) atoms. The van der Waals surface area contributed by atoms with Crippen molar-refractivity contribution in [3.63, 3.8) is 0 Å². The van der Waals surface area contributed by atoms with Gasteiger partial charge in [-0.15, -0.1) is 0 Å². The normalized spacial score (nSPS) is 19.8. The van der Waals surface area contributed by atoms with Crippen molar-refractivity contribution in [3.05, 3.63) is 41.6 Å². The summed E-state index contributed by atoms with van der Waals surface area (Å²) in [6, 6.07) is 6.59. The van der Waals surface area contributed by atoms with Crippen LogP contribution in [0.15, 0.2) is 30.5 Å². The SMILES string of the molecule is CN(C)CCCNC(=O)[C@H]1CC[C@@H](Nc2nc(Nc3ccc(C(=O)N(C)C4CCN(C)CC4)cc3)ncc2C(F)(F)F)C1. The van der Waals surface area contributed by atoms with Crippen LogP contribution in [0.2, 0.25) is 0 Å². The van der Waals surface area contributed by atoms with Gasteiger partial charge in [-0.05, 0) is 104 Å². The van der Waals surface area contributed by atoms with Crippen molar-refractivity contribution in [2.45, 2.75) is 56.8 Å². The summed E-state index contributed by atoms with van der Waals surface area (Å²) in [5.41, 5.74) is 0.101. The van der Waals surface area contributed by atoms with Crippen molar-refractivity contribution in [2.75, 3.05) is 65.0 Å². The Balaban J connectivity index is 1.37. The fourth-order valence-electron chi connectivity index (χ4n) is 5.63. The number of alkyl halides is 3. The van der Waals surface area contributed by atoms with Crippen LogP contribution in [0, 0.1) is 5.92 Å². The minimum Gasteiger partial charge on any atom is -0.367 e. The van der Waals surface area contributed by atoms with Gasteiger partial charge in [-0.3, -0.25) is 9.59 Å². The number of piperidine rings is 1. The second-order valence-corrected chi connectivity index (χ2v) is 11.9. The van der Waals surface area contributed by atoms with E-state index in [9.17, 15) is 22.8 Å². The van der Waals surface area contributed by atoms with Crippen LogP contribution in [0.25, 0.3) is 0 Å². The molecule has 2 amide bonds. The van der Waals surface area contributed by atoms with Crippen LogP contribution < -0.4 is 16.0 Å². The van der Waals surface area contributed by atoms with Gasteiger partial charge in [0.1, 0.15) is 11.4 Å². The van der Waals surface area contributed by atoms with Crippen LogP contribution in [0.5, 0.6) is 0 Å². The van der Waals surface area contributed by atoms with Gasteiger partial charge in [0.15, 0.2) is 0 Å². The quantitative estimate of drug-likeness (QED) is 0.330. The number of nitrogens with one attached hydrogen (secondary N) is 3. The Morgan fingerprint density at radius 3 is 2.40 bits per heavy atom. The molecule has 0 bridgehead atoms. The molecule has 1 aromatic heterocycles. The molecule has 1 saturated carbocycles. The molecular formula is C30H43F3N8O2. The van der Waals surface area contributed by atoms with E-state index in [4.69, 9.17) is 0 Å². The summed E-state index contributed by atoms with van der Waals surface area (Å²) in [6.45, 7) is 3.32. The van der Waals surface area contributed by atoms with Gasteiger partial charge >= 0.3 is 6.18 Å². The lowest BCUT2D eigenvalue weighted by atomic mass is 10.0. The fourth-order valence-corrected chi connectivity index (χ4v) is 5.63. The van der Waals surface area contributed by atoms with E-state index in [1.165, 1.54) is 0 Å². The lowest BCUT2D eigenvalue weighted by molar-refractivity contribution is -0.137. The molecule has 236 valence electrons. The molecular weight excluding hydrogens is 561 g/mol. The van der Waals surface area contributed by atoms with Gasteiger partial charge in [0.2, 0.25) is 11.9 Å². The average molecular weight is 605 g/mol. The Hall–Kier alpha value is -3.45. The summed E-state index contributed by atoms with van der Waals surface area (Å²) >= 11 is 0. The molecule has 0 unspecified atom stereocenters. The molecule has 4 rings (SSSR count). The van der Waals surface area contributed by atoms with E-state index in [1.54, 1.807) is 29.2 Å². The van der Waals surface area contributed by atoms with Crippen molar-refractivity contribution in [1.29, 1.82) is 0 Å². The van der Waals surface area contributed by atoms with Crippen molar-refractivity contribution in [3.8, 4) is 0 Å². The molecule has 10 nitrogen and oxygen atoms in total. The second kappa shape index (κ2) is 14.3. The van der Waals surface area contributed by atoms with Crippen LogP contribution in [0.4, 0.5) is 30.6 Å². The molecule has 1 saturated heterocycles. The van der Waals surface area contributed by atoms with Crippen LogP contribution in [-0.4, -0.2) is 103 Å². The van der Waals surface area contributed by atoms with E-state index in [0.29, 0.717) is 37.1 Å². The first-order valence-corrected chi connectivity index (χ1v) is 14.9. The van der Waals surface area contributed by atoms with Gasteiger partial charge in [-0.25, -0.2) is 4.98 Å². The van der Waals surface area contributed by atoms with Crippen molar-refractivity contribution < 1.29 is 22.8 Å². The van der Waals surface area contributed by atoms with Crippen LogP contribution >= 0.6 is 0 Å². The Bertz CT molecular complexity index is 1230. The van der Waals surface area contributed by atoms with Crippen molar-refractivity contribution >= 4 is 29.3 Å². The van der Waals surface area contributed by atoms with E-state index in [2.05, 4.69) is 37.9 Å². The van der Waals surface area contributed by atoms with Gasteiger partial charge in [0, 0.05) is 49.0 Å². The lowest BCUT2D eigenvalue weighted by Gasteiger charge is -2.35. The first-order valence-electron chi connectivity index (χ1n) is 14.9. The summed E-state index contributed by atoms with van der Waals surface area (Å²) in [7, 11) is 7.82. The van der Waals surface area contributed by atoms with Gasteiger partial charge in [-0.2, -0.15) is 18.2 Å². The molecule has 2 aromatic rings. The third-order valence-electron chi connectivity index (χ3n) is 8.26. The fraction of sp³-hybridized carbons (Fsp3) is 0.600. The number of aromatic nitrogens is 2. The summed E-state index contributed by atoms with van der Waals surface area (Å²) < 4.78 is 41.4. The maximum Gasteiger partial charge on any atom is 0.421 e. The molecule has 1 aromatic carbocycles. The molecule has 13 heteroatoms. The zero-order chi connectivity index (χ0) is 31.1. The first-order chi connectivity index (χ1) is 20.4. The third kappa shape index (κ3) is 9.02. The van der Waals surface area contributed by atoms with Gasteiger partial charge < -0.3 is 30.7 Å². The zero-order valence-corrected chi connectivity index (χ0v) is 25.4. The Kier molecular flexibility index (Phi) is 10.8. The Labute approximate surface area is 251 Å². The number of halogens is 3. The number of nitrogens with zero attached hydrogens (tertiary/aromatic N) is 5. The molecule has 1 aliphatic heterocycles. The molecule has 1 aliphatic carbocycles. The largest absolute Gasteiger partial charge is 0.421 e. The number of hydrogen-bond acceptors (Lipinski definition) is 8. The zero-order valence-electron chi connectivity index (χ0n) is 25.4. The van der Waals surface area contributed by atoms with Crippen molar-refractivity contribution in [1.82, 2.24) is 30.0 Å². The molecule has 3 N–H and O–H groups in total. The Morgan fingerprint density at radius 1 is 1.05 bits per heavy atom.